The Kier molecular flexibility index (Phi) is 5.94. The molecule has 3 amide bonds. The third kappa shape index (κ3) is 4.77. The molecule has 0 bridgehead atoms. The van der Waals surface area contributed by atoms with E-state index in [0.29, 0.717) is 25.4 Å². The van der Waals surface area contributed by atoms with Crippen LogP contribution in [0.3, 0.4) is 0 Å². The molecule has 0 spiro atoms. The van der Waals surface area contributed by atoms with Gasteiger partial charge in [0.15, 0.2) is 0 Å². The molecule has 0 atom stereocenters. The lowest BCUT2D eigenvalue weighted by Gasteiger charge is -2.35. The molecule has 2 aliphatic heterocycles. The fourth-order valence-electron chi connectivity index (χ4n) is 3.42. The zero-order valence-corrected chi connectivity index (χ0v) is 15.7. The molecule has 8 nitrogen and oxygen atoms in total. The number of rotatable bonds is 2. The summed E-state index contributed by atoms with van der Waals surface area (Å²) in [7, 11) is 0. The van der Waals surface area contributed by atoms with E-state index in [0.717, 1.165) is 23.5 Å². The van der Waals surface area contributed by atoms with Crippen LogP contribution in [0.25, 0.3) is 0 Å². The van der Waals surface area contributed by atoms with Crippen LogP contribution in [0.1, 0.15) is 18.4 Å². The molecular weight excluding hydrogens is 393 g/mol. The van der Waals surface area contributed by atoms with Crippen LogP contribution in [0.15, 0.2) is 23.1 Å². The van der Waals surface area contributed by atoms with Crippen LogP contribution < -0.4 is 5.56 Å². The molecule has 11 heteroatoms. The standard InChI is InChI=1S/C18H21F3N4O4/c19-18(20,21)13-3-4-14(26)25(11-13)12-15(27)22-7-9-24(10-8-22)17(29)16(28)23-5-1-2-6-23/h3-4,11H,1-2,5-10,12H2. The van der Waals surface area contributed by atoms with Gasteiger partial charge in [-0.1, -0.05) is 0 Å². The van der Waals surface area contributed by atoms with Gasteiger partial charge in [-0.3, -0.25) is 19.2 Å². The van der Waals surface area contributed by atoms with Gasteiger partial charge < -0.3 is 19.3 Å². The molecule has 0 radical (unpaired) electrons. The Bertz CT molecular complexity index is 853. The SMILES string of the molecule is O=C(Cn1cc(C(F)(F)F)ccc1=O)N1CCN(C(=O)C(=O)N2CCCC2)CC1. The number of carbonyl (C=O) groups is 3. The van der Waals surface area contributed by atoms with Gasteiger partial charge in [-0.05, 0) is 18.9 Å². The number of piperazine rings is 1. The zero-order valence-electron chi connectivity index (χ0n) is 15.7. The molecule has 0 N–H and O–H groups in total. The summed E-state index contributed by atoms with van der Waals surface area (Å²) in [5.74, 6) is -1.67. The van der Waals surface area contributed by atoms with Gasteiger partial charge in [0.2, 0.25) is 5.91 Å². The molecule has 0 unspecified atom stereocenters. The van der Waals surface area contributed by atoms with Crippen LogP contribution in [-0.2, 0) is 27.1 Å². The third-order valence-electron chi connectivity index (χ3n) is 5.11. The van der Waals surface area contributed by atoms with E-state index in [1.807, 2.05) is 0 Å². The maximum atomic E-state index is 12.8. The number of nitrogens with zero attached hydrogens (tertiary/aromatic N) is 4. The zero-order chi connectivity index (χ0) is 21.2. The Morgan fingerprint density at radius 1 is 0.828 bits per heavy atom. The second-order valence-corrected chi connectivity index (χ2v) is 7.05. The van der Waals surface area contributed by atoms with Crippen LogP contribution in [0.5, 0.6) is 0 Å². The number of pyridine rings is 1. The fourth-order valence-corrected chi connectivity index (χ4v) is 3.42. The van der Waals surface area contributed by atoms with E-state index in [2.05, 4.69) is 0 Å². The summed E-state index contributed by atoms with van der Waals surface area (Å²) in [5.41, 5.74) is -1.72. The summed E-state index contributed by atoms with van der Waals surface area (Å²) in [6.07, 6.45) is -2.26. The quantitative estimate of drug-likeness (QED) is 0.646. The Balaban J connectivity index is 1.57. The molecular formula is C18H21F3N4O4. The first-order valence-electron chi connectivity index (χ1n) is 9.30. The van der Waals surface area contributed by atoms with Gasteiger partial charge in [-0.25, -0.2) is 0 Å². The van der Waals surface area contributed by atoms with Crippen LogP contribution in [0.2, 0.25) is 0 Å². The van der Waals surface area contributed by atoms with Gasteiger partial charge in [-0.15, -0.1) is 0 Å². The highest BCUT2D eigenvalue weighted by Gasteiger charge is 2.33. The minimum atomic E-state index is -4.62. The van der Waals surface area contributed by atoms with Crippen molar-refractivity contribution in [2.75, 3.05) is 39.3 Å². The number of aromatic nitrogens is 1. The minimum absolute atomic E-state index is 0.144. The van der Waals surface area contributed by atoms with Gasteiger partial charge in [0, 0.05) is 51.5 Å². The smallest absolute Gasteiger partial charge is 0.338 e. The van der Waals surface area contributed by atoms with E-state index in [9.17, 15) is 32.3 Å². The van der Waals surface area contributed by atoms with Crippen LogP contribution in [0.4, 0.5) is 13.2 Å². The lowest BCUT2D eigenvalue weighted by atomic mass is 10.2. The molecule has 1 aromatic rings. The highest BCUT2D eigenvalue weighted by atomic mass is 19.4. The van der Waals surface area contributed by atoms with E-state index < -0.39 is 41.6 Å². The fraction of sp³-hybridized carbons (Fsp3) is 0.556. The molecule has 0 aromatic carbocycles. The molecule has 158 valence electrons. The maximum absolute atomic E-state index is 12.8. The third-order valence-corrected chi connectivity index (χ3v) is 5.11. The summed E-state index contributed by atoms with van der Waals surface area (Å²) in [4.78, 5) is 52.9. The molecule has 3 rings (SSSR count). The monoisotopic (exact) mass is 414 g/mol. The summed E-state index contributed by atoms with van der Waals surface area (Å²) in [6.45, 7) is 1.20. The molecule has 2 aliphatic rings. The Morgan fingerprint density at radius 3 is 1.90 bits per heavy atom. The summed E-state index contributed by atoms with van der Waals surface area (Å²) in [6, 6.07) is 1.45. The van der Waals surface area contributed by atoms with E-state index in [-0.39, 0.29) is 26.2 Å². The number of hydrogen-bond donors (Lipinski definition) is 0. The maximum Gasteiger partial charge on any atom is 0.417 e. The Hall–Kier alpha value is -2.85. The second kappa shape index (κ2) is 8.26. The summed E-state index contributed by atoms with van der Waals surface area (Å²) < 4.78 is 39.1. The lowest BCUT2D eigenvalue weighted by molar-refractivity contribution is -0.153. The predicted molar refractivity (Wildman–Crippen MR) is 94.7 cm³/mol. The highest BCUT2D eigenvalue weighted by Crippen LogP contribution is 2.28. The average molecular weight is 414 g/mol. The topological polar surface area (TPSA) is 82.9 Å². The van der Waals surface area contributed by atoms with Gasteiger partial charge in [0.05, 0.1) is 5.56 Å². The van der Waals surface area contributed by atoms with Crippen molar-refractivity contribution in [3.63, 3.8) is 0 Å². The molecule has 2 saturated heterocycles. The minimum Gasteiger partial charge on any atom is -0.338 e. The number of hydrogen-bond acceptors (Lipinski definition) is 4. The van der Waals surface area contributed by atoms with Crippen LogP contribution in [-0.4, -0.2) is 76.3 Å². The van der Waals surface area contributed by atoms with E-state index in [1.54, 1.807) is 0 Å². The van der Waals surface area contributed by atoms with E-state index >= 15 is 0 Å². The Morgan fingerprint density at radius 2 is 1.34 bits per heavy atom. The van der Waals surface area contributed by atoms with Crippen molar-refractivity contribution >= 4 is 17.7 Å². The molecule has 0 aliphatic carbocycles. The first-order chi connectivity index (χ1) is 13.7. The van der Waals surface area contributed by atoms with Gasteiger partial charge in [0.1, 0.15) is 6.54 Å². The van der Waals surface area contributed by atoms with Crippen molar-refractivity contribution in [1.29, 1.82) is 0 Å². The summed E-state index contributed by atoms with van der Waals surface area (Å²) in [5, 5.41) is 0. The van der Waals surface area contributed by atoms with Gasteiger partial charge in [0.25, 0.3) is 5.56 Å². The van der Waals surface area contributed by atoms with Gasteiger partial charge in [-0.2, -0.15) is 13.2 Å². The van der Waals surface area contributed by atoms with E-state index in [1.165, 1.54) is 14.7 Å². The van der Waals surface area contributed by atoms with Crippen LogP contribution >= 0.6 is 0 Å². The van der Waals surface area contributed by atoms with Crippen molar-refractivity contribution in [3.05, 3.63) is 34.2 Å². The number of carbonyl (C=O) groups excluding carboxylic acids is 3. The second-order valence-electron chi connectivity index (χ2n) is 7.05. The normalized spacial score (nSPS) is 17.6. The van der Waals surface area contributed by atoms with Crippen molar-refractivity contribution in [1.82, 2.24) is 19.3 Å². The first kappa shape index (κ1) is 20.9. The van der Waals surface area contributed by atoms with Crippen molar-refractivity contribution in [3.8, 4) is 0 Å². The van der Waals surface area contributed by atoms with Crippen molar-refractivity contribution in [2.24, 2.45) is 0 Å². The largest absolute Gasteiger partial charge is 0.417 e. The molecule has 1 aromatic heterocycles. The number of halogens is 3. The molecule has 2 fully saturated rings. The molecule has 29 heavy (non-hydrogen) atoms. The molecule has 3 heterocycles. The lowest BCUT2D eigenvalue weighted by Crippen LogP contribution is -2.54. The number of amides is 3. The molecule has 0 saturated carbocycles. The van der Waals surface area contributed by atoms with Crippen molar-refractivity contribution in [2.45, 2.75) is 25.6 Å². The van der Waals surface area contributed by atoms with Crippen molar-refractivity contribution < 1.29 is 27.6 Å². The van der Waals surface area contributed by atoms with Gasteiger partial charge >= 0.3 is 18.0 Å². The number of likely N-dealkylation sites (tertiary alicyclic amines) is 1. The Labute approximate surface area is 164 Å². The van der Waals surface area contributed by atoms with E-state index in [4.69, 9.17) is 0 Å². The highest BCUT2D eigenvalue weighted by molar-refractivity contribution is 6.35. The predicted octanol–water partition coefficient (Wildman–Crippen LogP) is 0.160. The average Bonchev–Trinajstić information content (AvgIpc) is 3.22. The van der Waals surface area contributed by atoms with Crippen LogP contribution in [0, 0.1) is 0 Å². The number of alkyl halides is 3. The summed E-state index contributed by atoms with van der Waals surface area (Å²) >= 11 is 0. The first-order valence-corrected chi connectivity index (χ1v) is 9.30.